The van der Waals surface area contributed by atoms with Crippen molar-refractivity contribution in [3.8, 4) is 5.75 Å². The summed E-state index contributed by atoms with van der Waals surface area (Å²) in [5, 5.41) is 2.85. The summed E-state index contributed by atoms with van der Waals surface area (Å²) in [7, 11) is 0. The number of piperazine rings is 1. The summed E-state index contributed by atoms with van der Waals surface area (Å²) >= 11 is 0. The number of carbonyl (C=O) groups excluding carboxylic acids is 2. The van der Waals surface area contributed by atoms with Gasteiger partial charge < -0.3 is 15.0 Å². The number of benzene rings is 1. The van der Waals surface area contributed by atoms with Gasteiger partial charge >= 0.3 is 0 Å². The van der Waals surface area contributed by atoms with Crippen molar-refractivity contribution in [2.75, 3.05) is 59.0 Å². The molecule has 0 aliphatic carbocycles. The van der Waals surface area contributed by atoms with Gasteiger partial charge in [0.05, 0.1) is 13.2 Å². The van der Waals surface area contributed by atoms with Gasteiger partial charge in [-0.25, -0.2) is 0 Å². The van der Waals surface area contributed by atoms with E-state index in [1.807, 2.05) is 4.90 Å². The van der Waals surface area contributed by atoms with Gasteiger partial charge in [0, 0.05) is 65.2 Å². The van der Waals surface area contributed by atoms with E-state index in [0.717, 1.165) is 58.0 Å². The highest BCUT2D eigenvalue weighted by Gasteiger charge is 2.24. The van der Waals surface area contributed by atoms with Gasteiger partial charge in [-0.2, -0.15) is 0 Å². The summed E-state index contributed by atoms with van der Waals surface area (Å²) in [6.07, 6.45) is 1.48. The number of amides is 2. The Balaban J connectivity index is 1.23. The Morgan fingerprint density at radius 2 is 1.89 bits per heavy atom. The zero-order valence-electron chi connectivity index (χ0n) is 15.8. The molecule has 146 valence electrons. The third-order valence-electron chi connectivity index (χ3n) is 5.65. The van der Waals surface area contributed by atoms with Crippen LogP contribution in [0.25, 0.3) is 0 Å². The van der Waals surface area contributed by atoms with E-state index in [9.17, 15) is 9.59 Å². The molecule has 0 unspecified atom stereocenters. The minimum Gasteiger partial charge on any atom is -0.493 e. The van der Waals surface area contributed by atoms with Crippen LogP contribution in [0, 0.1) is 0 Å². The Bertz CT molecular complexity index is 700. The fourth-order valence-electron chi connectivity index (χ4n) is 4.01. The minimum absolute atomic E-state index is 0.0803. The van der Waals surface area contributed by atoms with Crippen molar-refractivity contribution in [2.24, 2.45) is 0 Å². The van der Waals surface area contributed by atoms with E-state index >= 15 is 0 Å². The van der Waals surface area contributed by atoms with Gasteiger partial charge in [-0.1, -0.05) is 12.1 Å². The molecule has 2 fully saturated rings. The Labute approximate surface area is 160 Å². The van der Waals surface area contributed by atoms with Crippen molar-refractivity contribution in [3.63, 3.8) is 0 Å². The molecule has 3 aliphatic rings. The van der Waals surface area contributed by atoms with Crippen LogP contribution in [0.2, 0.25) is 0 Å². The predicted molar refractivity (Wildman–Crippen MR) is 102 cm³/mol. The second-order valence-electron chi connectivity index (χ2n) is 7.57. The SMILES string of the molecule is O=C1CCN(CC(=O)N2CCN(Cc3ccc4c(c3)CCO4)CC2)CCN1. The van der Waals surface area contributed by atoms with Crippen LogP contribution in [0.5, 0.6) is 5.75 Å². The highest BCUT2D eigenvalue weighted by Crippen LogP contribution is 2.26. The quantitative estimate of drug-likeness (QED) is 0.811. The third kappa shape index (κ3) is 4.59. The monoisotopic (exact) mass is 372 g/mol. The van der Waals surface area contributed by atoms with Crippen LogP contribution < -0.4 is 10.1 Å². The molecule has 7 heteroatoms. The molecule has 4 rings (SSSR count). The molecule has 0 saturated carbocycles. The van der Waals surface area contributed by atoms with Crippen LogP contribution in [-0.4, -0.2) is 85.5 Å². The van der Waals surface area contributed by atoms with Gasteiger partial charge in [0.1, 0.15) is 5.75 Å². The number of fused-ring (bicyclic) bond motifs is 1. The average Bonchev–Trinajstić information content (AvgIpc) is 3.05. The van der Waals surface area contributed by atoms with Crippen molar-refractivity contribution in [1.29, 1.82) is 0 Å². The Morgan fingerprint density at radius 1 is 1.04 bits per heavy atom. The van der Waals surface area contributed by atoms with E-state index in [2.05, 4.69) is 33.3 Å². The van der Waals surface area contributed by atoms with Crippen molar-refractivity contribution < 1.29 is 14.3 Å². The molecule has 1 N–H and O–H groups in total. The summed E-state index contributed by atoms with van der Waals surface area (Å²) in [6.45, 7) is 7.54. The normalized spacial score (nSPS) is 21.3. The zero-order chi connectivity index (χ0) is 18.6. The second kappa shape index (κ2) is 8.27. The molecule has 7 nitrogen and oxygen atoms in total. The van der Waals surface area contributed by atoms with Crippen LogP contribution in [-0.2, 0) is 22.6 Å². The molecule has 0 radical (unpaired) electrons. The Morgan fingerprint density at radius 3 is 2.74 bits per heavy atom. The van der Waals surface area contributed by atoms with Crippen LogP contribution >= 0.6 is 0 Å². The van der Waals surface area contributed by atoms with E-state index in [0.29, 0.717) is 26.1 Å². The second-order valence-corrected chi connectivity index (χ2v) is 7.57. The number of hydrogen-bond donors (Lipinski definition) is 1. The van der Waals surface area contributed by atoms with Crippen molar-refractivity contribution in [1.82, 2.24) is 20.0 Å². The first-order chi connectivity index (χ1) is 13.2. The first-order valence-corrected chi connectivity index (χ1v) is 9.91. The van der Waals surface area contributed by atoms with E-state index in [1.54, 1.807) is 0 Å². The summed E-state index contributed by atoms with van der Waals surface area (Å²) in [4.78, 5) is 30.5. The zero-order valence-corrected chi connectivity index (χ0v) is 15.8. The summed E-state index contributed by atoms with van der Waals surface area (Å²) in [5.41, 5.74) is 2.63. The Kier molecular flexibility index (Phi) is 5.59. The fraction of sp³-hybridized carbons (Fsp3) is 0.600. The largest absolute Gasteiger partial charge is 0.493 e. The third-order valence-corrected chi connectivity index (χ3v) is 5.65. The van der Waals surface area contributed by atoms with Gasteiger partial charge in [-0.15, -0.1) is 0 Å². The number of nitrogens with zero attached hydrogens (tertiary/aromatic N) is 3. The summed E-state index contributed by atoms with van der Waals surface area (Å²) in [6, 6.07) is 6.49. The maximum absolute atomic E-state index is 12.6. The smallest absolute Gasteiger partial charge is 0.236 e. The van der Waals surface area contributed by atoms with Crippen molar-refractivity contribution in [2.45, 2.75) is 19.4 Å². The molecule has 2 saturated heterocycles. The van der Waals surface area contributed by atoms with E-state index in [4.69, 9.17) is 4.74 Å². The molecule has 0 aromatic heterocycles. The minimum atomic E-state index is 0.0803. The van der Waals surface area contributed by atoms with Gasteiger partial charge in [0.2, 0.25) is 11.8 Å². The molecule has 0 spiro atoms. The van der Waals surface area contributed by atoms with Crippen LogP contribution in [0.4, 0.5) is 0 Å². The number of ether oxygens (including phenoxy) is 1. The predicted octanol–water partition coefficient (Wildman–Crippen LogP) is 0.0876. The lowest BCUT2D eigenvalue weighted by atomic mass is 10.1. The van der Waals surface area contributed by atoms with Crippen LogP contribution in [0.1, 0.15) is 17.5 Å². The van der Waals surface area contributed by atoms with E-state index < -0.39 is 0 Å². The van der Waals surface area contributed by atoms with Gasteiger partial charge in [0.25, 0.3) is 0 Å². The number of nitrogens with one attached hydrogen (secondary N) is 1. The summed E-state index contributed by atoms with van der Waals surface area (Å²) in [5.74, 6) is 1.29. The average molecular weight is 372 g/mol. The molecular weight excluding hydrogens is 344 g/mol. The molecule has 1 aromatic carbocycles. The fourth-order valence-corrected chi connectivity index (χ4v) is 4.01. The molecule has 3 aliphatic heterocycles. The lowest BCUT2D eigenvalue weighted by Gasteiger charge is -2.35. The topological polar surface area (TPSA) is 65.1 Å². The van der Waals surface area contributed by atoms with Gasteiger partial charge in [0.15, 0.2) is 0 Å². The van der Waals surface area contributed by atoms with Crippen LogP contribution in [0.15, 0.2) is 18.2 Å². The maximum atomic E-state index is 12.6. The Hall–Kier alpha value is -2.12. The standard InChI is InChI=1S/C20H28N4O3/c25-19-3-6-22(7-5-21-19)15-20(26)24-10-8-23(9-11-24)14-16-1-2-18-17(13-16)4-12-27-18/h1-2,13H,3-12,14-15H2,(H,21,25). The molecule has 1 aromatic rings. The maximum Gasteiger partial charge on any atom is 0.236 e. The molecule has 0 atom stereocenters. The van der Waals surface area contributed by atoms with Crippen molar-refractivity contribution >= 4 is 11.8 Å². The number of rotatable bonds is 4. The lowest BCUT2D eigenvalue weighted by Crippen LogP contribution is -2.51. The summed E-state index contributed by atoms with van der Waals surface area (Å²) < 4.78 is 5.58. The van der Waals surface area contributed by atoms with Crippen molar-refractivity contribution in [3.05, 3.63) is 29.3 Å². The highest BCUT2D eigenvalue weighted by molar-refractivity contribution is 5.79. The van der Waals surface area contributed by atoms with Gasteiger partial charge in [-0.05, 0) is 17.2 Å². The molecule has 27 heavy (non-hydrogen) atoms. The number of hydrogen-bond acceptors (Lipinski definition) is 5. The van der Waals surface area contributed by atoms with E-state index in [1.165, 1.54) is 11.1 Å². The molecule has 0 bridgehead atoms. The molecule has 2 amide bonds. The molecule has 3 heterocycles. The first kappa shape index (κ1) is 18.3. The van der Waals surface area contributed by atoms with E-state index in [-0.39, 0.29) is 11.8 Å². The molecular formula is C20H28N4O3. The lowest BCUT2D eigenvalue weighted by molar-refractivity contribution is -0.134. The number of carbonyl (C=O) groups is 2. The van der Waals surface area contributed by atoms with Gasteiger partial charge in [-0.3, -0.25) is 19.4 Å². The van der Waals surface area contributed by atoms with Crippen LogP contribution in [0.3, 0.4) is 0 Å². The first-order valence-electron chi connectivity index (χ1n) is 9.91. The highest BCUT2D eigenvalue weighted by atomic mass is 16.5.